The molecule has 7 N–H and O–H groups in total. The fourth-order valence-electron chi connectivity index (χ4n) is 7.21. The molecule has 4 rings (SSSR count). The lowest BCUT2D eigenvalue weighted by Crippen LogP contribution is -2.59. The van der Waals surface area contributed by atoms with Gasteiger partial charge in [0.05, 0.1) is 12.1 Å². The maximum atomic E-state index is 13.6. The van der Waals surface area contributed by atoms with Crippen molar-refractivity contribution in [2.24, 2.45) is 23.3 Å². The lowest BCUT2D eigenvalue weighted by Gasteiger charge is -2.37. The van der Waals surface area contributed by atoms with Gasteiger partial charge in [-0.25, -0.2) is 4.79 Å². The van der Waals surface area contributed by atoms with Gasteiger partial charge in [0, 0.05) is 19.1 Å². The summed E-state index contributed by atoms with van der Waals surface area (Å²) in [5.41, 5.74) is 12.7. The summed E-state index contributed by atoms with van der Waals surface area (Å²) < 4.78 is 0. The van der Waals surface area contributed by atoms with Crippen molar-refractivity contribution in [3.05, 3.63) is 35.9 Å². The van der Waals surface area contributed by atoms with E-state index >= 15 is 0 Å². The number of unbranched alkanes of at least 4 members (excludes halogenated alkanes) is 1. The third kappa shape index (κ3) is 8.01. The zero-order chi connectivity index (χ0) is 30.2. The van der Waals surface area contributed by atoms with Crippen molar-refractivity contribution in [3.63, 3.8) is 0 Å². The Morgan fingerprint density at radius 2 is 1.74 bits per heavy atom. The largest absolute Gasteiger partial charge is 0.465 e. The Labute approximate surface area is 248 Å². The lowest BCUT2D eigenvalue weighted by atomic mass is 9.84. The number of primary amides is 1. The highest BCUT2D eigenvalue weighted by molar-refractivity contribution is 5.92. The summed E-state index contributed by atoms with van der Waals surface area (Å²) in [6.45, 7) is 0.502. The van der Waals surface area contributed by atoms with E-state index in [-0.39, 0.29) is 37.4 Å². The molecule has 3 aliphatic rings. The standard InChI is InChI=1S/C31H47N5O6/c32-24(17-20-9-3-1-4-10-20)30(40)36-23-15-14-22(18-23)26(36)29(39)34-25(27(37)28(33)38)13-7-8-16-35(31(41)42)19-21-11-5-2-6-12-21/h2,5-6,11-12,20,22-27,37H,1,3-4,7-10,13-19,32H2,(H2,33,38)(H,34,39)(H,41,42)/t22?,23?,24-,25?,26+,27?/m1/s1. The number of fused-ring (bicyclic) bond motifs is 2. The predicted molar refractivity (Wildman–Crippen MR) is 157 cm³/mol. The number of aliphatic hydroxyl groups excluding tert-OH is 1. The van der Waals surface area contributed by atoms with Crippen LogP contribution >= 0.6 is 0 Å². The van der Waals surface area contributed by atoms with Crippen LogP contribution in [-0.2, 0) is 20.9 Å². The van der Waals surface area contributed by atoms with E-state index < -0.39 is 42.1 Å². The highest BCUT2D eigenvalue weighted by Gasteiger charge is 2.52. The van der Waals surface area contributed by atoms with Crippen LogP contribution in [0.25, 0.3) is 0 Å². The van der Waals surface area contributed by atoms with E-state index in [9.17, 15) is 29.4 Å². The van der Waals surface area contributed by atoms with Crippen molar-refractivity contribution < 1.29 is 29.4 Å². The van der Waals surface area contributed by atoms with Gasteiger partial charge < -0.3 is 36.8 Å². The molecule has 1 saturated heterocycles. The van der Waals surface area contributed by atoms with E-state index in [2.05, 4.69) is 5.32 Å². The monoisotopic (exact) mass is 585 g/mol. The molecule has 1 heterocycles. The molecule has 42 heavy (non-hydrogen) atoms. The molecule has 1 aromatic carbocycles. The second kappa shape index (κ2) is 14.8. The van der Waals surface area contributed by atoms with Gasteiger partial charge in [-0.1, -0.05) is 62.4 Å². The van der Waals surface area contributed by atoms with Crippen LogP contribution in [0, 0.1) is 11.8 Å². The molecule has 3 fully saturated rings. The maximum Gasteiger partial charge on any atom is 0.407 e. The predicted octanol–water partition coefficient (Wildman–Crippen LogP) is 2.35. The van der Waals surface area contributed by atoms with Gasteiger partial charge in [0.2, 0.25) is 17.7 Å². The van der Waals surface area contributed by atoms with E-state index in [1.165, 1.54) is 11.3 Å². The van der Waals surface area contributed by atoms with E-state index in [0.717, 1.165) is 50.5 Å². The fraction of sp³-hybridized carbons (Fsp3) is 0.677. The van der Waals surface area contributed by atoms with Crippen LogP contribution in [0.4, 0.5) is 4.79 Å². The average Bonchev–Trinajstić information content (AvgIpc) is 3.60. The van der Waals surface area contributed by atoms with Gasteiger partial charge in [0.1, 0.15) is 6.04 Å². The number of nitrogens with one attached hydrogen (secondary N) is 1. The molecule has 4 unspecified atom stereocenters. The third-order valence-electron chi connectivity index (χ3n) is 9.42. The molecule has 232 valence electrons. The van der Waals surface area contributed by atoms with Gasteiger partial charge in [0.15, 0.2) is 6.10 Å². The minimum Gasteiger partial charge on any atom is -0.465 e. The number of nitrogens with zero attached hydrogens (tertiary/aromatic N) is 2. The van der Waals surface area contributed by atoms with Crippen molar-refractivity contribution in [2.75, 3.05) is 6.54 Å². The first-order chi connectivity index (χ1) is 20.2. The van der Waals surface area contributed by atoms with Gasteiger partial charge in [-0.3, -0.25) is 14.4 Å². The first-order valence-corrected chi connectivity index (χ1v) is 15.5. The highest BCUT2D eigenvalue weighted by Crippen LogP contribution is 2.43. The summed E-state index contributed by atoms with van der Waals surface area (Å²) in [5.74, 6) is -1.10. The topological polar surface area (TPSA) is 179 Å². The number of hydrogen-bond acceptors (Lipinski definition) is 6. The average molecular weight is 586 g/mol. The van der Waals surface area contributed by atoms with Gasteiger partial charge in [-0.2, -0.15) is 0 Å². The van der Waals surface area contributed by atoms with Crippen LogP contribution in [0.3, 0.4) is 0 Å². The molecule has 0 radical (unpaired) electrons. The zero-order valence-electron chi connectivity index (χ0n) is 24.4. The number of piperidine rings is 1. The molecule has 11 nitrogen and oxygen atoms in total. The quantitative estimate of drug-likeness (QED) is 0.208. The minimum atomic E-state index is -1.61. The van der Waals surface area contributed by atoms with Crippen LogP contribution < -0.4 is 16.8 Å². The molecule has 2 saturated carbocycles. The normalized spacial score (nSPS) is 24.1. The number of benzene rings is 1. The number of amides is 4. The van der Waals surface area contributed by atoms with Crippen LogP contribution in [0.2, 0.25) is 0 Å². The fourth-order valence-corrected chi connectivity index (χ4v) is 7.21. The second-order valence-electron chi connectivity index (χ2n) is 12.4. The molecule has 6 atom stereocenters. The zero-order valence-corrected chi connectivity index (χ0v) is 24.4. The molecule has 4 amide bonds. The molecule has 2 bridgehead atoms. The Balaban J connectivity index is 1.35. The third-order valence-corrected chi connectivity index (χ3v) is 9.42. The summed E-state index contributed by atoms with van der Waals surface area (Å²) in [5, 5.41) is 23.0. The molecule has 0 spiro atoms. The first-order valence-electron chi connectivity index (χ1n) is 15.5. The Morgan fingerprint density at radius 3 is 2.40 bits per heavy atom. The number of rotatable bonds is 14. The molecular formula is C31H47N5O6. The van der Waals surface area contributed by atoms with Gasteiger partial charge in [-0.15, -0.1) is 0 Å². The Hall–Kier alpha value is -3.18. The Morgan fingerprint density at radius 1 is 1.02 bits per heavy atom. The van der Waals surface area contributed by atoms with Crippen LogP contribution in [-0.4, -0.2) is 80.6 Å². The Kier molecular flexibility index (Phi) is 11.2. The smallest absolute Gasteiger partial charge is 0.407 e. The summed E-state index contributed by atoms with van der Waals surface area (Å²) in [6.07, 6.45) is 7.25. The van der Waals surface area contributed by atoms with Crippen molar-refractivity contribution in [3.8, 4) is 0 Å². The molecule has 1 aliphatic heterocycles. The number of carbonyl (C=O) groups excluding carboxylic acids is 3. The second-order valence-corrected chi connectivity index (χ2v) is 12.4. The highest BCUT2D eigenvalue weighted by atomic mass is 16.4. The maximum absolute atomic E-state index is 13.6. The molecule has 2 aliphatic carbocycles. The van der Waals surface area contributed by atoms with Crippen LogP contribution in [0.1, 0.15) is 82.6 Å². The molecular weight excluding hydrogens is 538 g/mol. The van der Waals surface area contributed by atoms with Crippen LogP contribution in [0.5, 0.6) is 0 Å². The molecule has 1 aromatic rings. The first kappa shape index (κ1) is 31.7. The lowest BCUT2D eigenvalue weighted by molar-refractivity contribution is -0.145. The van der Waals surface area contributed by atoms with E-state index in [1.54, 1.807) is 4.90 Å². The van der Waals surface area contributed by atoms with Gasteiger partial charge >= 0.3 is 6.09 Å². The number of carboxylic acid groups (broad SMARTS) is 1. The van der Waals surface area contributed by atoms with E-state index in [0.29, 0.717) is 25.2 Å². The summed E-state index contributed by atoms with van der Waals surface area (Å²) in [4.78, 5) is 53.8. The van der Waals surface area contributed by atoms with Gasteiger partial charge in [0.25, 0.3) is 0 Å². The SMILES string of the molecule is NC(=O)C(O)C(CCCCN(Cc1ccccc1)C(=O)O)NC(=O)[C@@H]1C2CCC(C2)N1C(=O)[C@H](N)CC1CCCCC1. The number of likely N-dealkylation sites (tertiary alicyclic amines) is 1. The number of aliphatic hydroxyl groups is 1. The van der Waals surface area contributed by atoms with Crippen molar-refractivity contribution in [2.45, 2.75) is 114 Å². The summed E-state index contributed by atoms with van der Waals surface area (Å²) >= 11 is 0. The molecule has 11 heteroatoms. The van der Waals surface area contributed by atoms with Gasteiger partial charge in [-0.05, 0) is 62.3 Å². The van der Waals surface area contributed by atoms with E-state index in [1.807, 2.05) is 30.3 Å². The Bertz CT molecular complexity index is 1080. The number of carbonyl (C=O) groups is 4. The van der Waals surface area contributed by atoms with Crippen molar-refractivity contribution in [1.29, 1.82) is 0 Å². The summed E-state index contributed by atoms with van der Waals surface area (Å²) in [7, 11) is 0. The summed E-state index contributed by atoms with van der Waals surface area (Å²) in [6, 6.07) is 6.97. The number of hydrogen-bond donors (Lipinski definition) is 5. The number of nitrogens with two attached hydrogens (primary N) is 2. The van der Waals surface area contributed by atoms with Crippen molar-refractivity contribution in [1.82, 2.24) is 15.1 Å². The van der Waals surface area contributed by atoms with E-state index in [4.69, 9.17) is 11.5 Å². The molecule has 0 aromatic heterocycles. The van der Waals surface area contributed by atoms with Crippen LogP contribution in [0.15, 0.2) is 30.3 Å². The van der Waals surface area contributed by atoms with Crippen molar-refractivity contribution >= 4 is 23.8 Å². The minimum absolute atomic E-state index is 0.00862.